The van der Waals surface area contributed by atoms with E-state index in [2.05, 4.69) is 49.4 Å². The molecule has 6 rings (SSSR count). The predicted octanol–water partition coefficient (Wildman–Crippen LogP) is 3.95. The Morgan fingerprint density at radius 1 is 1.15 bits per heavy atom. The molecule has 4 N–H and O–H groups in total. The van der Waals surface area contributed by atoms with Crippen molar-refractivity contribution in [2.45, 2.75) is 25.3 Å². The van der Waals surface area contributed by atoms with Crippen LogP contribution in [0, 0.1) is 5.41 Å². The molecule has 1 aliphatic heterocycles. The summed E-state index contributed by atoms with van der Waals surface area (Å²) in [7, 11) is 1.78. The van der Waals surface area contributed by atoms with Gasteiger partial charge in [0.25, 0.3) is 0 Å². The number of piperidine rings is 1. The van der Waals surface area contributed by atoms with E-state index < -0.39 is 0 Å². The van der Waals surface area contributed by atoms with Gasteiger partial charge in [0.2, 0.25) is 5.95 Å². The van der Waals surface area contributed by atoms with Gasteiger partial charge in [0.1, 0.15) is 5.82 Å². The van der Waals surface area contributed by atoms with E-state index in [-0.39, 0.29) is 11.5 Å². The molecule has 1 aromatic carbocycles. The van der Waals surface area contributed by atoms with Crippen LogP contribution >= 0.6 is 11.6 Å². The number of nitrogens with two attached hydrogens (primary N) is 1. The molecular weight excluding hydrogens is 436 g/mol. The molecule has 33 heavy (non-hydrogen) atoms. The number of fused-ring (bicyclic) bond motifs is 2. The second-order valence-corrected chi connectivity index (χ2v) is 9.34. The lowest BCUT2D eigenvalue weighted by Crippen LogP contribution is -2.44. The van der Waals surface area contributed by atoms with E-state index in [1.165, 1.54) is 11.1 Å². The maximum absolute atomic E-state index is 6.72. The average molecular weight is 461 g/mol. The number of pyridine rings is 1. The molecule has 4 aromatic rings. The summed E-state index contributed by atoms with van der Waals surface area (Å²) in [6, 6.07) is 10.5. The first-order chi connectivity index (χ1) is 16.1. The Morgan fingerprint density at radius 3 is 2.76 bits per heavy atom. The molecule has 1 spiro atoms. The third-order valence-electron chi connectivity index (χ3n) is 7.25. The highest BCUT2D eigenvalue weighted by atomic mass is 35.5. The highest BCUT2D eigenvalue weighted by Gasteiger charge is 2.46. The van der Waals surface area contributed by atoms with Gasteiger partial charge in [-0.1, -0.05) is 35.9 Å². The van der Waals surface area contributed by atoms with Gasteiger partial charge in [0.15, 0.2) is 11.3 Å². The molecule has 8 nitrogen and oxygen atoms in total. The van der Waals surface area contributed by atoms with Crippen LogP contribution in [0.2, 0.25) is 5.02 Å². The largest absolute Gasteiger partial charge is 0.372 e. The molecule has 3 aromatic heterocycles. The van der Waals surface area contributed by atoms with Crippen LogP contribution in [0.1, 0.15) is 30.0 Å². The number of hydrogen-bond donors (Lipinski definition) is 3. The van der Waals surface area contributed by atoms with Crippen molar-refractivity contribution >= 4 is 34.7 Å². The third kappa shape index (κ3) is 3.24. The highest BCUT2D eigenvalue weighted by Crippen LogP contribution is 2.50. The summed E-state index contributed by atoms with van der Waals surface area (Å²) in [5.74, 6) is 1.41. The van der Waals surface area contributed by atoms with E-state index in [1.807, 2.05) is 6.07 Å². The summed E-state index contributed by atoms with van der Waals surface area (Å²) < 4.78 is 0. The summed E-state index contributed by atoms with van der Waals surface area (Å²) in [4.78, 5) is 23.9. The molecule has 0 bridgehead atoms. The molecule has 0 saturated carbocycles. The van der Waals surface area contributed by atoms with Crippen molar-refractivity contribution in [1.29, 1.82) is 0 Å². The van der Waals surface area contributed by atoms with Gasteiger partial charge in [0.05, 0.1) is 16.9 Å². The van der Waals surface area contributed by atoms with Crippen LogP contribution in [0.15, 0.2) is 42.7 Å². The SMILES string of the molecule is CNc1nccc(-c2cnc3[nH]c(N4CCC5(CC4)Cc4ccccc4C5N)nc3n2)c1Cl. The molecule has 4 heterocycles. The van der Waals surface area contributed by atoms with E-state index in [4.69, 9.17) is 27.3 Å². The molecular formula is C24H25ClN8. The van der Waals surface area contributed by atoms with Gasteiger partial charge in [-0.2, -0.15) is 4.98 Å². The molecule has 1 unspecified atom stereocenters. The van der Waals surface area contributed by atoms with Crippen molar-refractivity contribution in [3.8, 4) is 11.3 Å². The van der Waals surface area contributed by atoms with Crippen molar-refractivity contribution in [1.82, 2.24) is 24.9 Å². The zero-order valence-electron chi connectivity index (χ0n) is 18.3. The molecule has 0 radical (unpaired) electrons. The fraction of sp³-hybridized carbons (Fsp3) is 0.333. The Balaban J connectivity index is 1.24. The summed E-state index contributed by atoms with van der Waals surface area (Å²) in [5, 5.41) is 3.50. The van der Waals surface area contributed by atoms with E-state index in [9.17, 15) is 0 Å². The molecule has 1 fully saturated rings. The van der Waals surface area contributed by atoms with Gasteiger partial charge in [-0.25, -0.2) is 15.0 Å². The van der Waals surface area contributed by atoms with E-state index >= 15 is 0 Å². The molecule has 0 amide bonds. The van der Waals surface area contributed by atoms with Crippen molar-refractivity contribution in [3.63, 3.8) is 0 Å². The van der Waals surface area contributed by atoms with E-state index in [0.717, 1.165) is 43.9 Å². The summed E-state index contributed by atoms with van der Waals surface area (Å²) in [6.45, 7) is 1.80. The van der Waals surface area contributed by atoms with Crippen molar-refractivity contribution in [3.05, 3.63) is 58.9 Å². The number of anilines is 2. The number of aromatic amines is 1. The first-order valence-electron chi connectivity index (χ1n) is 11.2. The maximum atomic E-state index is 6.72. The van der Waals surface area contributed by atoms with Crippen LogP contribution in [0.3, 0.4) is 0 Å². The molecule has 168 valence electrons. The first-order valence-corrected chi connectivity index (χ1v) is 11.6. The lowest BCUT2D eigenvalue weighted by molar-refractivity contribution is 0.187. The lowest BCUT2D eigenvalue weighted by atomic mass is 9.73. The number of H-pyrrole nitrogens is 1. The molecule has 2 aliphatic rings. The van der Waals surface area contributed by atoms with Gasteiger partial charge in [-0.05, 0) is 41.9 Å². The topological polar surface area (TPSA) is 109 Å². The maximum Gasteiger partial charge on any atom is 0.206 e. The lowest BCUT2D eigenvalue weighted by Gasteiger charge is -2.42. The predicted molar refractivity (Wildman–Crippen MR) is 130 cm³/mol. The molecule has 9 heteroatoms. The van der Waals surface area contributed by atoms with Crippen LogP contribution < -0.4 is 16.0 Å². The van der Waals surface area contributed by atoms with Gasteiger partial charge < -0.3 is 20.9 Å². The van der Waals surface area contributed by atoms with Crippen molar-refractivity contribution < 1.29 is 0 Å². The van der Waals surface area contributed by atoms with Gasteiger partial charge in [0, 0.05) is 37.9 Å². The third-order valence-corrected chi connectivity index (χ3v) is 7.63. The monoisotopic (exact) mass is 460 g/mol. The number of nitrogens with zero attached hydrogens (tertiary/aromatic N) is 5. The number of nitrogens with one attached hydrogen (secondary N) is 2. The fourth-order valence-corrected chi connectivity index (χ4v) is 5.65. The van der Waals surface area contributed by atoms with Crippen molar-refractivity contribution in [2.24, 2.45) is 11.1 Å². The summed E-state index contributed by atoms with van der Waals surface area (Å²) in [5.41, 5.74) is 12.2. The zero-order valence-corrected chi connectivity index (χ0v) is 19.1. The van der Waals surface area contributed by atoms with Crippen LogP contribution in [-0.2, 0) is 6.42 Å². The smallest absolute Gasteiger partial charge is 0.206 e. The number of aromatic nitrogens is 5. The highest BCUT2D eigenvalue weighted by molar-refractivity contribution is 6.35. The second kappa shape index (κ2) is 7.67. The minimum Gasteiger partial charge on any atom is -0.372 e. The standard InChI is InChI=1S/C24H25ClN8/c1-27-20-18(25)16(6-9-28-20)17-13-29-21-22(30-17)32-23(31-21)33-10-7-24(8-11-33)12-14-4-2-3-5-15(14)19(24)26/h2-6,9,13,19H,7-8,10-12,26H2,1H3,(H,27,28)(H,29,30,31,32). The number of rotatable bonds is 3. The summed E-state index contributed by atoms with van der Waals surface area (Å²) in [6.07, 6.45) is 6.54. The minimum absolute atomic E-state index is 0.102. The summed E-state index contributed by atoms with van der Waals surface area (Å²) >= 11 is 6.49. The van der Waals surface area contributed by atoms with Gasteiger partial charge in [-0.15, -0.1) is 0 Å². The van der Waals surface area contributed by atoms with E-state index in [0.29, 0.717) is 27.8 Å². The Morgan fingerprint density at radius 2 is 1.97 bits per heavy atom. The van der Waals surface area contributed by atoms with E-state index in [1.54, 1.807) is 19.4 Å². The zero-order chi connectivity index (χ0) is 22.6. The Hall–Kier alpha value is -3.23. The number of imidazole rings is 1. The Labute approximate surface area is 196 Å². The number of benzene rings is 1. The molecule has 1 atom stereocenters. The van der Waals surface area contributed by atoms with Crippen molar-refractivity contribution in [2.75, 3.05) is 30.4 Å². The average Bonchev–Trinajstić information content (AvgIpc) is 3.39. The Kier molecular flexibility index (Phi) is 4.74. The minimum atomic E-state index is 0.102. The fourth-order valence-electron chi connectivity index (χ4n) is 5.34. The number of halogens is 1. The second-order valence-electron chi connectivity index (χ2n) is 8.96. The molecule has 1 aliphatic carbocycles. The molecule has 1 saturated heterocycles. The first kappa shape index (κ1) is 20.4. The normalized spacial score (nSPS) is 19.2. The van der Waals surface area contributed by atoms with Crippen LogP contribution in [-0.4, -0.2) is 45.1 Å². The van der Waals surface area contributed by atoms with Crippen LogP contribution in [0.5, 0.6) is 0 Å². The Bertz CT molecular complexity index is 1340. The van der Waals surface area contributed by atoms with Crippen LogP contribution in [0.4, 0.5) is 11.8 Å². The van der Waals surface area contributed by atoms with Crippen LogP contribution in [0.25, 0.3) is 22.6 Å². The quantitative estimate of drug-likeness (QED) is 0.424. The number of hydrogen-bond acceptors (Lipinski definition) is 7. The van der Waals surface area contributed by atoms with Gasteiger partial charge >= 0.3 is 0 Å². The van der Waals surface area contributed by atoms with Gasteiger partial charge in [-0.3, -0.25) is 0 Å².